The Morgan fingerprint density at radius 3 is 1.73 bits per heavy atom. The highest BCUT2D eigenvalue weighted by atomic mass is 16.5. The van der Waals surface area contributed by atoms with Crippen molar-refractivity contribution in [3.63, 3.8) is 0 Å². The summed E-state index contributed by atoms with van der Waals surface area (Å²) >= 11 is 0. The average molecular weight is 292 g/mol. The van der Waals surface area contributed by atoms with E-state index in [0.717, 1.165) is 17.9 Å². The zero-order valence-corrected chi connectivity index (χ0v) is 13.0. The Labute approximate surface area is 131 Å². The van der Waals surface area contributed by atoms with E-state index < -0.39 is 0 Å². The topological polar surface area (TPSA) is 18.5 Å². The molecule has 2 aromatic carbocycles. The van der Waals surface area contributed by atoms with Crippen molar-refractivity contribution >= 4 is 11.1 Å². The van der Waals surface area contributed by atoms with Gasteiger partial charge in [0.25, 0.3) is 0 Å². The summed E-state index contributed by atoms with van der Waals surface area (Å²) in [5, 5.41) is 0. The second kappa shape index (κ2) is 6.52. The van der Waals surface area contributed by atoms with E-state index in [9.17, 15) is 0 Å². The lowest BCUT2D eigenvalue weighted by Gasteiger charge is -2.08. The molecule has 0 aromatic heterocycles. The van der Waals surface area contributed by atoms with Crippen LogP contribution in [-0.4, -0.2) is 13.7 Å². The largest absolute Gasteiger partial charge is 0.497 e. The Balaban J connectivity index is 1.69. The summed E-state index contributed by atoms with van der Waals surface area (Å²) in [4.78, 5) is 0. The molecule has 112 valence electrons. The molecule has 0 radical (unpaired) electrons. The number of methoxy groups -OCH3 is 1. The molecule has 2 aromatic rings. The molecule has 0 aliphatic heterocycles. The van der Waals surface area contributed by atoms with Crippen LogP contribution in [0.25, 0.3) is 11.1 Å². The van der Waals surface area contributed by atoms with Gasteiger partial charge in [-0.1, -0.05) is 36.4 Å². The van der Waals surface area contributed by atoms with Crippen molar-refractivity contribution < 1.29 is 9.47 Å². The zero-order valence-electron chi connectivity index (χ0n) is 13.0. The lowest BCUT2D eigenvalue weighted by Crippen LogP contribution is -1.91. The van der Waals surface area contributed by atoms with Crippen molar-refractivity contribution in [2.24, 2.45) is 0 Å². The van der Waals surface area contributed by atoms with Gasteiger partial charge >= 0.3 is 0 Å². The number of ether oxygens (including phenoxy) is 2. The van der Waals surface area contributed by atoms with Crippen molar-refractivity contribution in [2.75, 3.05) is 13.7 Å². The molecule has 0 spiro atoms. The summed E-state index contributed by atoms with van der Waals surface area (Å²) in [6.07, 6.45) is 5.36. The van der Waals surface area contributed by atoms with Crippen LogP contribution in [0.4, 0.5) is 0 Å². The number of rotatable bonds is 5. The van der Waals surface area contributed by atoms with Gasteiger partial charge in [-0.25, -0.2) is 0 Å². The fraction of sp³-hybridized carbons (Fsp3) is 0.200. The number of allylic oxidation sites excluding steroid dienone is 4. The molecular weight excluding hydrogens is 272 g/mol. The maximum atomic E-state index is 5.49. The van der Waals surface area contributed by atoms with E-state index in [1.165, 1.54) is 22.3 Å². The number of hydrogen-bond donors (Lipinski definition) is 0. The van der Waals surface area contributed by atoms with E-state index in [2.05, 4.69) is 36.4 Å². The minimum atomic E-state index is 0.700. The van der Waals surface area contributed by atoms with Crippen molar-refractivity contribution in [3.8, 4) is 11.5 Å². The van der Waals surface area contributed by atoms with Crippen LogP contribution in [0, 0.1) is 0 Å². The second-order valence-corrected chi connectivity index (χ2v) is 5.25. The summed E-state index contributed by atoms with van der Waals surface area (Å²) in [6.45, 7) is 2.70. The van der Waals surface area contributed by atoms with E-state index >= 15 is 0 Å². The Morgan fingerprint density at radius 1 is 0.773 bits per heavy atom. The van der Waals surface area contributed by atoms with Gasteiger partial charge in [0, 0.05) is 0 Å². The van der Waals surface area contributed by atoms with Crippen LogP contribution in [0.1, 0.15) is 24.5 Å². The normalized spacial score (nSPS) is 13.5. The maximum Gasteiger partial charge on any atom is 0.119 e. The van der Waals surface area contributed by atoms with Crippen LogP contribution in [0.5, 0.6) is 11.5 Å². The van der Waals surface area contributed by atoms with Crippen LogP contribution >= 0.6 is 0 Å². The lowest BCUT2D eigenvalue weighted by molar-refractivity contribution is 0.340. The van der Waals surface area contributed by atoms with Gasteiger partial charge in [0.05, 0.1) is 13.7 Å². The summed E-state index contributed by atoms with van der Waals surface area (Å²) in [5.41, 5.74) is 5.18. The first-order valence-corrected chi connectivity index (χ1v) is 7.57. The minimum absolute atomic E-state index is 0.700. The maximum absolute atomic E-state index is 5.49. The smallest absolute Gasteiger partial charge is 0.119 e. The summed E-state index contributed by atoms with van der Waals surface area (Å²) < 4.78 is 10.7. The zero-order chi connectivity index (χ0) is 15.4. The van der Waals surface area contributed by atoms with E-state index in [0.29, 0.717) is 6.61 Å². The molecule has 1 aliphatic carbocycles. The molecule has 2 heteroatoms. The third-order valence-electron chi connectivity index (χ3n) is 3.86. The monoisotopic (exact) mass is 292 g/mol. The van der Waals surface area contributed by atoms with Gasteiger partial charge in [0.15, 0.2) is 0 Å². The van der Waals surface area contributed by atoms with Crippen LogP contribution in [0.2, 0.25) is 0 Å². The van der Waals surface area contributed by atoms with Crippen LogP contribution in [-0.2, 0) is 0 Å². The lowest BCUT2D eigenvalue weighted by atomic mass is 9.99. The van der Waals surface area contributed by atoms with Gasteiger partial charge in [-0.3, -0.25) is 0 Å². The van der Waals surface area contributed by atoms with E-state index in [1.807, 2.05) is 31.2 Å². The highest BCUT2D eigenvalue weighted by Gasteiger charge is 2.12. The molecule has 0 fully saturated rings. The average Bonchev–Trinajstić information content (AvgIpc) is 3.06. The first kappa shape index (κ1) is 14.5. The highest BCUT2D eigenvalue weighted by molar-refractivity contribution is 5.86. The van der Waals surface area contributed by atoms with Gasteiger partial charge in [0.2, 0.25) is 0 Å². The molecular formula is C20H20O2. The fourth-order valence-electron chi connectivity index (χ4n) is 2.66. The van der Waals surface area contributed by atoms with Crippen LogP contribution in [0.3, 0.4) is 0 Å². The predicted octanol–water partition coefficient (Wildman–Crippen LogP) is 4.96. The summed E-state index contributed by atoms with van der Waals surface area (Å²) in [7, 11) is 1.69. The highest BCUT2D eigenvalue weighted by Crippen LogP contribution is 2.34. The molecule has 1 aliphatic rings. The summed E-state index contributed by atoms with van der Waals surface area (Å²) in [5.74, 6) is 1.82. The molecule has 0 amide bonds. The molecule has 0 bridgehead atoms. The van der Waals surface area contributed by atoms with Crippen LogP contribution < -0.4 is 9.47 Å². The van der Waals surface area contributed by atoms with Gasteiger partial charge in [-0.05, 0) is 59.9 Å². The second-order valence-electron chi connectivity index (χ2n) is 5.25. The minimum Gasteiger partial charge on any atom is -0.497 e. The quantitative estimate of drug-likeness (QED) is 0.775. The number of benzene rings is 2. The van der Waals surface area contributed by atoms with Crippen LogP contribution in [0.15, 0.2) is 60.7 Å². The SMILES string of the molecule is CCOc1ccc(C2=CC=C(c3ccc(OC)cc3)C2)cc1. The van der Waals surface area contributed by atoms with Crippen molar-refractivity contribution in [2.45, 2.75) is 13.3 Å². The fourth-order valence-corrected chi connectivity index (χ4v) is 2.66. The molecule has 0 saturated carbocycles. The summed E-state index contributed by atoms with van der Waals surface area (Å²) in [6, 6.07) is 16.6. The van der Waals surface area contributed by atoms with Gasteiger partial charge in [-0.15, -0.1) is 0 Å². The van der Waals surface area contributed by atoms with Gasteiger partial charge in [-0.2, -0.15) is 0 Å². The standard InChI is InChI=1S/C20H20O2/c1-3-22-20-12-8-16(9-13-20)18-5-4-17(14-18)15-6-10-19(21-2)11-7-15/h4-13H,3,14H2,1-2H3. The van der Waals surface area contributed by atoms with Crippen molar-refractivity contribution in [3.05, 3.63) is 71.8 Å². The Morgan fingerprint density at radius 2 is 1.27 bits per heavy atom. The molecule has 0 heterocycles. The van der Waals surface area contributed by atoms with Gasteiger partial charge < -0.3 is 9.47 Å². The molecule has 0 N–H and O–H groups in total. The molecule has 0 saturated heterocycles. The van der Waals surface area contributed by atoms with E-state index in [-0.39, 0.29) is 0 Å². The molecule has 3 rings (SSSR count). The third kappa shape index (κ3) is 3.06. The van der Waals surface area contributed by atoms with Crippen molar-refractivity contribution in [1.82, 2.24) is 0 Å². The van der Waals surface area contributed by atoms with E-state index in [4.69, 9.17) is 9.47 Å². The number of hydrogen-bond acceptors (Lipinski definition) is 2. The first-order valence-electron chi connectivity index (χ1n) is 7.57. The molecule has 2 nitrogen and oxygen atoms in total. The van der Waals surface area contributed by atoms with Crippen molar-refractivity contribution in [1.29, 1.82) is 0 Å². The van der Waals surface area contributed by atoms with E-state index in [1.54, 1.807) is 7.11 Å². The molecule has 0 atom stereocenters. The molecule has 0 unspecified atom stereocenters. The first-order chi connectivity index (χ1) is 10.8. The third-order valence-corrected chi connectivity index (χ3v) is 3.86. The Bertz CT molecular complexity index is 691. The Hall–Kier alpha value is -2.48. The Kier molecular flexibility index (Phi) is 4.29. The molecule has 22 heavy (non-hydrogen) atoms. The van der Waals surface area contributed by atoms with Gasteiger partial charge in [0.1, 0.15) is 11.5 Å². The predicted molar refractivity (Wildman–Crippen MR) is 91.2 cm³/mol.